The highest BCUT2D eigenvalue weighted by molar-refractivity contribution is 6.31. The molecule has 3 aromatic carbocycles. The molecule has 6 rings (SSSR count). The molecular weight excluding hydrogens is 474 g/mol. The second kappa shape index (κ2) is 7.95. The summed E-state index contributed by atoms with van der Waals surface area (Å²) in [6.45, 7) is 0.306. The maximum atomic E-state index is 13.7. The van der Waals surface area contributed by atoms with E-state index in [0.717, 1.165) is 5.56 Å². The molecule has 1 amide bonds. The Bertz CT molecular complexity index is 1580. The van der Waals surface area contributed by atoms with Gasteiger partial charge < -0.3 is 28.6 Å². The lowest BCUT2D eigenvalue weighted by Crippen LogP contribution is -2.29. The molecule has 0 unspecified atom stereocenters. The molecule has 0 saturated heterocycles. The van der Waals surface area contributed by atoms with Crippen molar-refractivity contribution < 1.29 is 28.5 Å². The van der Waals surface area contributed by atoms with E-state index in [1.54, 1.807) is 41.3 Å². The molecule has 0 bridgehead atoms. The van der Waals surface area contributed by atoms with E-state index < -0.39 is 11.9 Å². The van der Waals surface area contributed by atoms with Crippen LogP contribution in [-0.2, 0) is 6.54 Å². The minimum atomic E-state index is -0.781. The largest absolute Gasteiger partial charge is 0.504 e. The zero-order valence-corrected chi connectivity index (χ0v) is 19.2. The first kappa shape index (κ1) is 21.4. The summed E-state index contributed by atoms with van der Waals surface area (Å²) < 4.78 is 22.1. The van der Waals surface area contributed by atoms with Crippen molar-refractivity contribution in [1.29, 1.82) is 0 Å². The normalized spacial score (nSPS) is 16.1. The quantitative estimate of drug-likeness (QED) is 0.444. The highest BCUT2D eigenvalue weighted by atomic mass is 35.5. The number of hydrogen-bond acceptors (Lipinski definition) is 7. The Morgan fingerprint density at radius 1 is 1.06 bits per heavy atom. The van der Waals surface area contributed by atoms with Gasteiger partial charge in [0.2, 0.25) is 12.6 Å². The van der Waals surface area contributed by atoms with Crippen LogP contribution in [0, 0.1) is 0 Å². The van der Waals surface area contributed by atoms with Crippen LogP contribution >= 0.6 is 11.6 Å². The Labute approximate surface area is 203 Å². The molecule has 35 heavy (non-hydrogen) atoms. The van der Waals surface area contributed by atoms with Gasteiger partial charge in [0.05, 0.1) is 24.1 Å². The molecule has 0 aliphatic carbocycles. The number of carbonyl (C=O) groups is 1. The van der Waals surface area contributed by atoms with Gasteiger partial charge in [0.25, 0.3) is 5.91 Å². The first-order chi connectivity index (χ1) is 16.9. The maximum absolute atomic E-state index is 13.7. The van der Waals surface area contributed by atoms with Gasteiger partial charge in [0.15, 0.2) is 28.4 Å². The maximum Gasteiger partial charge on any atom is 0.291 e. The summed E-state index contributed by atoms with van der Waals surface area (Å²) in [5.41, 5.74) is 1.51. The summed E-state index contributed by atoms with van der Waals surface area (Å²) in [6, 6.07) is 14.1. The smallest absolute Gasteiger partial charge is 0.291 e. The summed E-state index contributed by atoms with van der Waals surface area (Å²) in [7, 11) is 1.43. The van der Waals surface area contributed by atoms with E-state index >= 15 is 0 Å². The van der Waals surface area contributed by atoms with E-state index in [2.05, 4.69) is 0 Å². The highest BCUT2D eigenvalue weighted by Gasteiger charge is 2.43. The summed E-state index contributed by atoms with van der Waals surface area (Å²) in [5.74, 6) is 0.931. The van der Waals surface area contributed by atoms with Gasteiger partial charge in [-0.2, -0.15) is 0 Å². The molecule has 1 atom stereocenters. The Kier molecular flexibility index (Phi) is 4.86. The molecule has 3 heterocycles. The van der Waals surface area contributed by atoms with Gasteiger partial charge in [-0.3, -0.25) is 9.59 Å². The molecule has 0 saturated carbocycles. The summed E-state index contributed by atoms with van der Waals surface area (Å²) in [6.07, 6.45) is 0. The number of benzene rings is 3. The van der Waals surface area contributed by atoms with Gasteiger partial charge >= 0.3 is 0 Å². The standard InChI is InChI=1S/C26H18ClNO7/c1-32-20-9-14(3-5-17(20)29)23-22-24(30)16-10-15(27)4-7-18(16)35-25(22)26(31)28(23)11-13-2-6-19-21(8-13)34-12-33-19/h2-10,23,29H,11-12H2,1H3/t23-/m1/s1. The number of halogens is 1. The third-order valence-electron chi connectivity index (χ3n) is 6.24. The van der Waals surface area contributed by atoms with Crippen molar-refractivity contribution >= 4 is 28.5 Å². The fraction of sp³-hybridized carbons (Fsp3) is 0.154. The number of methoxy groups -OCH3 is 1. The average Bonchev–Trinajstić information content (AvgIpc) is 3.43. The van der Waals surface area contributed by atoms with Crippen molar-refractivity contribution in [1.82, 2.24) is 4.90 Å². The van der Waals surface area contributed by atoms with Crippen LogP contribution in [-0.4, -0.2) is 29.8 Å². The van der Waals surface area contributed by atoms with Crippen LogP contribution in [0.2, 0.25) is 5.02 Å². The van der Waals surface area contributed by atoms with E-state index in [9.17, 15) is 14.7 Å². The van der Waals surface area contributed by atoms with E-state index in [-0.39, 0.29) is 52.6 Å². The number of aromatic hydroxyl groups is 1. The molecule has 0 spiro atoms. The van der Waals surface area contributed by atoms with Gasteiger partial charge in [-0.15, -0.1) is 0 Å². The SMILES string of the molecule is COc1cc([C@@H]2c3c(oc4ccc(Cl)cc4c3=O)C(=O)N2Cc2ccc3c(c2)OCO3)ccc1O. The van der Waals surface area contributed by atoms with E-state index in [0.29, 0.717) is 22.1 Å². The molecule has 0 fully saturated rings. The lowest BCUT2D eigenvalue weighted by atomic mass is 9.97. The fourth-order valence-corrected chi connectivity index (χ4v) is 4.77. The first-order valence-electron chi connectivity index (χ1n) is 10.8. The van der Waals surface area contributed by atoms with Crippen LogP contribution in [0.5, 0.6) is 23.0 Å². The van der Waals surface area contributed by atoms with Gasteiger partial charge in [0.1, 0.15) is 5.58 Å². The number of ether oxygens (including phenoxy) is 3. The Morgan fingerprint density at radius 2 is 1.89 bits per heavy atom. The molecule has 176 valence electrons. The molecule has 2 aliphatic rings. The molecule has 0 radical (unpaired) electrons. The summed E-state index contributed by atoms with van der Waals surface area (Å²) in [4.78, 5) is 28.8. The molecule has 2 aliphatic heterocycles. The predicted molar refractivity (Wildman–Crippen MR) is 126 cm³/mol. The third-order valence-corrected chi connectivity index (χ3v) is 6.47. The lowest BCUT2D eigenvalue weighted by Gasteiger charge is -2.25. The monoisotopic (exact) mass is 491 g/mol. The van der Waals surface area contributed by atoms with E-state index in [1.165, 1.54) is 19.2 Å². The summed E-state index contributed by atoms with van der Waals surface area (Å²) >= 11 is 6.14. The van der Waals surface area contributed by atoms with E-state index in [1.807, 2.05) is 6.07 Å². The Morgan fingerprint density at radius 3 is 2.71 bits per heavy atom. The number of carbonyl (C=O) groups excluding carboxylic acids is 1. The number of rotatable bonds is 4. The number of amides is 1. The van der Waals surface area contributed by atoms with Gasteiger partial charge in [-0.1, -0.05) is 23.7 Å². The minimum Gasteiger partial charge on any atom is -0.504 e. The molecule has 9 heteroatoms. The molecule has 4 aromatic rings. The second-order valence-corrected chi connectivity index (χ2v) is 8.71. The van der Waals surface area contributed by atoms with Crippen LogP contribution in [0.4, 0.5) is 0 Å². The van der Waals surface area contributed by atoms with Crippen molar-refractivity contribution in [3.8, 4) is 23.0 Å². The summed E-state index contributed by atoms with van der Waals surface area (Å²) in [5, 5.41) is 10.8. The van der Waals surface area contributed by atoms with Gasteiger partial charge in [0, 0.05) is 11.6 Å². The van der Waals surface area contributed by atoms with Gasteiger partial charge in [-0.05, 0) is 53.6 Å². The van der Waals surface area contributed by atoms with E-state index in [4.69, 9.17) is 30.2 Å². The van der Waals surface area contributed by atoms with Gasteiger partial charge in [-0.25, -0.2) is 0 Å². The van der Waals surface area contributed by atoms with Crippen LogP contribution < -0.4 is 19.6 Å². The molecular formula is C26H18ClNO7. The third kappa shape index (κ3) is 3.37. The number of nitrogens with zero attached hydrogens (tertiary/aromatic N) is 1. The molecule has 1 aromatic heterocycles. The zero-order chi connectivity index (χ0) is 24.3. The number of hydrogen-bond donors (Lipinski definition) is 1. The van der Waals surface area contributed by atoms with Crippen LogP contribution in [0.15, 0.2) is 63.8 Å². The van der Waals surface area contributed by atoms with Crippen molar-refractivity contribution in [2.24, 2.45) is 0 Å². The van der Waals surface area contributed by atoms with Crippen LogP contribution in [0.1, 0.15) is 33.3 Å². The van der Waals surface area contributed by atoms with Crippen molar-refractivity contribution in [3.05, 3.63) is 92.3 Å². The fourth-order valence-electron chi connectivity index (χ4n) is 4.60. The molecule has 8 nitrogen and oxygen atoms in total. The second-order valence-electron chi connectivity index (χ2n) is 8.27. The minimum absolute atomic E-state index is 0.0254. The number of phenols is 1. The highest BCUT2D eigenvalue weighted by Crippen LogP contribution is 2.42. The van der Waals surface area contributed by atoms with Crippen LogP contribution in [0.3, 0.4) is 0 Å². The Balaban J connectivity index is 1.54. The zero-order valence-electron chi connectivity index (χ0n) is 18.4. The first-order valence-corrected chi connectivity index (χ1v) is 11.1. The number of phenolic OH excluding ortho intramolecular Hbond substituents is 1. The van der Waals surface area contributed by atoms with Crippen molar-refractivity contribution in [2.45, 2.75) is 12.6 Å². The predicted octanol–water partition coefficient (Wildman–Crippen LogP) is 4.63. The molecule has 1 N–H and O–H groups in total. The number of fused-ring (bicyclic) bond motifs is 3. The Hall–Kier alpha value is -4.17. The topological polar surface area (TPSA) is 98.4 Å². The van der Waals surface area contributed by atoms with Crippen molar-refractivity contribution in [3.63, 3.8) is 0 Å². The van der Waals surface area contributed by atoms with Crippen LogP contribution in [0.25, 0.3) is 11.0 Å². The average molecular weight is 492 g/mol. The lowest BCUT2D eigenvalue weighted by molar-refractivity contribution is 0.0714. The van der Waals surface area contributed by atoms with Crippen molar-refractivity contribution in [2.75, 3.05) is 13.9 Å².